The number of nitrogens with one attached hydrogen (secondary N) is 2. The van der Waals surface area contributed by atoms with Gasteiger partial charge in [-0.2, -0.15) is 0 Å². The Kier molecular flexibility index (Phi) is 4.04. The summed E-state index contributed by atoms with van der Waals surface area (Å²) in [5.41, 5.74) is 0.687. The van der Waals surface area contributed by atoms with E-state index in [2.05, 4.69) is 29.2 Å². The lowest BCUT2D eigenvalue weighted by molar-refractivity contribution is 0.0938. The number of aryl methyl sites for hydroxylation is 1. The van der Waals surface area contributed by atoms with E-state index in [-0.39, 0.29) is 22.9 Å². The van der Waals surface area contributed by atoms with Crippen molar-refractivity contribution in [1.29, 1.82) is 0 Å². The van der Waals surface area contributed by atoms with Crippen LogP contribution in [0.3, 0.4) is 0 Å². The quantitative estimate of drug-likeness (QED) is 0.829. The molecule has 0 aromatic carbocycles. The van der Waals surface area contributed by atoms with Crippen molar-refractivity contribution in [1.82, 2.24) is 15.2 Å². The molecule has 104 valence electrons. The second kappa shape index (κ2) is 5.57. The average molecular weight is 263 g/mol. The number of aromatic amines is 1. The fourth-order valence-electron chi connectivity index (χ4n) is 2.07. The first kappa shape index (κ1) is 13.8. The summed E-state index contributed by atoms with van der Waals surface area (Å²) in [4.78, 5) is 28.8. The molecule has 1 amide bonds. The smallest absolute Gasteiger partial charge is 0.256 e. The Morgan fingerprint density at radius 3 is 2.84 bits per heavy atom. The fraction of sp³-hybridized carbons (Fsp3) is 0.571. The molecule has 2 N–H and O–H groups in total. The zero-order chi connectivity index (χ0) is 14.0. The predicted octanol–water partition coefficient (Wildman–Crippen LogP) is 0.896. The Balaban J connectivity index is 1.91. The highest BCUT2D eigenvalue weighted by atomic mass is 16.2. The van der Waals surface area contributed by atoms with Crippen molar-refractivity contribution in [2.45, 2.75) is 38.8 Å². The minimum absolute atomic E-state index is 0.173. The number of hydrogen-bond acceptors (Lipinski definition) is 3. The maximum absolute atomic E-state index is 11.9. The summed E-state index contributed by atoms with van der Waals surface area (Å²) in [6, 6.07) is 2.38. The monoisotopic (exact) mass is 263 g/mol. The van der Waals surface area contributed by atoms with Crippen molar-refractivity contribution in [3.63, 3.8) is 0 Å². The maximum Gasteiger partial charge on any atom is 0.256 e. The van der Waals surface area contributed by atoms with Crippen molar-refractivity contribution in [2.75, 3.05) is 13.6 Å². The van der Waals surface area contributed by atoms with Crippen LogP contribution in [0.4, 0.5) is 0 Å². The van der Waals surface area contributed by atoms with E-state index in [9.17, 15) is 9.59 Å². The summed E-state index contributed by atoms with van der Waals surface area (Å²) in [5, 5.41) is 2.82. The van der Waals surface area contributed by atoms with Gasteiger partial charge < -0.3 is 10.3 Å². The summed E-state index contributed by atoms with van der Waals surface area (Å²) < 4.78 is 0. The van der Waals surface area contributed by atoms with Crippen LogP contribution < -0.4 is 10.7 Å². The molecule has 1 atom stereocenters. The zero-order valence-corrected chi connectivity index (χ0v) is 11.7. The van der Waals surface area contributed by atoms with E-state index in [4.69, 9.17) is 0 Å². The number of likely N-dealkylation sites (N-methyl/N-ethyl adjacent to an activating group) is 1. The van der Waals surface area contributed by atoms with Crippen molar-refractivity contribution < 1.29 is 4.79 Å². The van der Waals surface area contributed by atoms with Crippen LogP contribution in [0.5, 0.6) is 0 Å². The van der Waals surface area contributed by atoms with E-state index in [1.54, 1.807) is 6.92 Å². The molecule has 0 aliphatic heterocycles. The standard InChI is InChI=1S/C14H21N3O2/c1-9-6-13(18)12(8-15-9)14(19)16-7-10(2)17(3)11-4-5-11/h6,8,10-11H,4-5,7H2,1-3H3,(H,15,18)(H,16,19). The molecule has 5 heteroatoms. The van der Waals surface area contributed by atoms with Crippen LogP contribution in [0, 0.1) is 6.92 Å². The van der Waals surface area contributed by atoms with Crippen molar-refractivity contribution in [3.8, 4) is 0 Å². The number of nitrogens with zero attached hydrogens (tertiary/aromatic N) is 1. The molecule has 1 unspecified atom stereocenters. The largest absolute Gasteiger partial charge is 0.364 e. The van der Waals surface area contributed by atoms with Gasteiger partial charge in [-0.25, -0.2) is 0 Å². The highest BCUT2D eigenvalue weighted by Crippen LogP contribution is 2.26. The van der Waals surface area contributed by atoms with Gasteiger partial charge in [-0.3, -0.25) is 14.5 Å². The molecule has 0 spiro atoms. The topological polar surface area (TPSA) is 65.2 Å². The van der Waals surface area contributed by atoms with Gasteiger partial charge in [-0.15, -0.1) is 0 Å². The van der Waals surface area contributed by atoms with Gasteiger partial charge in [-0.1, -0.05) is 0 Å². The third-order valence-electron chi connectivity index (χ3n) is 3.68. The van der Waals surface area contributed by atoms with Gasteiger partial charge in [0.05, 0.1) is 0 Å². The minimum Gasteiger partial charge on any atom is -0.364 e. The van der Waals surface area contributed by atoms with Crippen LogP contribution in [0.1, 0.15) is 35.8 Å². The molecule has 5 nitrogen and oxygen atoms in total. The van der Waals surface area contributed by atoms with Gasteiger partial charge in [-0.05, 0) is 33.7 Å². The first-order valence-electron chi connectivity index (χ1n) is 6.68. The predicted molar refractivity (Wildman–Crippen MR) is 74.4 cm³/mol. The van der Waals surface area contributed by atoms with Crippen LogP contribution in [0.2, 0.25) is 0 Å². The van der Waals surface area contributed by atoms with Crippen LogP contribution in [-0.4, -0.2) is 41.5 Å². The van der Waals surface area contributed by atoms with Crippen LogP contribution in [-0.2, 0) is 0 Å². The summed E-state index contributed by atoms with van der Waals surface area (Å²) in [6.45, 7) is 4.42. The molecule has 1 aliphatic carbocycles. The normalized spacial score (nSPS) is 16.4. The van der Waals surface area contributed by atoms with E-state index in [1.165, 1.54) is 25.1 Å². The first-order valence-corrected chi connectivity index (χ1v) is 6.68. The fourth-order valence-corrected chi connectivity index (χ4v) is 2.07. The molecule has 1 aromatic heterocycles. The van der Waals surface area contributed by atoms with Gasteiger partial charge in [0.2, 0.25) is 0 Å². The molecular weight excluding hydrogens is 242 g/mol. The lowest BCUT2D eigenvalue weighted by atomic mass is 10.2. The SMILES string of the molecule is Cc1cc(=O)c(C(=O)NCC(C)N(C)C2CC2)c[nH]1. The molecule has 19 heavy (non-hydrogen) atoms. The molecule has 1 aromatic rings. The van der Waals surface area contributed by atoms with E-state index >= 15 is 0 Å². The van der Waals surface area contributed by atoms with E-state index < -0.39 is 0 Å². The van der Waals surface area contributed by atoms with Crippen LogP contribution >= 0.6 is 0 Å². The number of pyridine rings is 1. The van der Waals surface area contributed by atoms with Gasteiger partial charge in [0.1, 0.15) is 5.56 Å². The molecule has 1 heterocycles. The van der Waals surface area contributed by atoms with Crippen molar-refractivity contribution in [3.05, 3.63) is 33.7 Å². The molecule has 1 aliphatic rings. The first-order chi connectivity index (χ1) is 8.99. The Bertz CT molecular complexity index is 520. The molecule has 0 saturated heterocycles. The second-order valence-electron chi connectivity index (χ2n) is 5.35. The van der Waals surface area contributed by atoms with Gasteiger partial charge >= 0.3 is 0 Å². The Morgan fingerprint density at radius 1 is 1.58 bits per heavy atom. The third kappa shape index (κ3) is 3.44. The number of hydrogen-bond donors (Lipinski definition) is 2. The number of amides is 1. The number of carbonyl (C=O) groups is 1. The third-order valence-corrected chi connectivity index (χ3v) is 3.68. The lowest BCUT2D eigenvalue weighted by Crippen LogP contribution is -2.42. The number of carbonyl (C=O) groups excluding carboxylic acids is 1. The maximum atomic E-state index is 11.9. The Hall–Kier alpha value is -1.62. The van der Waals surface area contributed by atoms with Crippen molar-refractivity contribution in [2.24, 2.45) is 0 Å². The molecular formula is C14H21N3O2. The molecule has 1 saturated carbocycles. The molecule has 1 fully saturated rings. The summed E-state index contributed by atoms with van der Waals surface area (Å²) in [5.74, 6) is -0.308. The number of aromatic nitrogens is 1. The lowest BCUT2D eigenvalue weighted by Gasteiger charge is -2.24. The molecule has 0 radical (unpaired) electrons. The average Bonchev–Trinajstić information content (AvgIpc) is 3.18. The Morgan fingerprint density at radius 2 is 2.26 bits per heavy atom. The molecule has 0 bridgehead atoms. The van der Waals surface area contributed by atoms with Crippen LogP contribution in [0.25, 0.3) is 0 Å². The highest BCUT2D eigenvalue weighted by molar-refractivity contribution is 5.93. The molecule has 2 rings (SSSR count). The second-order valence-corrected chi connectivity index (χ2v) is 5.35. The number of rotatable bonds is 5. The summed E-state index contributed by atoms with van der Waals surface area (Å²) >= 11 is 0. The van der Waals surface area contributed by atoms with E-state index in [0.29, 0.717) is 12.6 Å². The van der Waals surface area contributed by atoms with E-state index in [0.717, 1.165) is 5.69 Å². The van der Waals surface area contributed by atoms with Gasteiger partial charge in [0.25, 0.3) is 5.91 Å². The highest BCUT2D eigenvalue weighted by Gasteiger charge is 2.29. The van der Waals surface area contributed by atoms with Gasteiger partial charge in [0, 0.05) is 36.6 Å². The zero-order valence-electron chi connectivity index (χ0n) is 11.7. The number of H-pyrrole nitrogens is 1. The Labute approximate surface area is 113 Å². The summed E-state index contributed by atoms with van der Waals surface area (Å²) in [7, 11) is 2.08. The summed E-state index contributed by atoms with van der Waals surface area (Å²) in [6.07, 6.45) is 3.96. The van der Waals surface area contributed by atoms with E-state index in [1.807, 2.05) is 0 Å². The van der Waals surface area contributed by atoms with Gasteiger partial charge in [0.15, 0.2) is 5.43 Å². The minimum atomic E-state index is -0.308. The van der Waals surface area contributed by atoms with Crippen LogP contribution in [0.15, 0.2) is 17.1 Å². The van der Waals surface area contributed by atoms with Crippen molar-refractivity contribution >= 4 is 5.91 Å².